The predicted molar refractivity (Wildman–Crippen MR) is 66.3 cm³/mol. The Morgan fingerprint density at radius 3 is 3.06 bits per heavy atom. The molecule has 1 aromatic carbocycles. The third-order valence-electron chi connectivity index (χ3n) is 2.88. The van der Waals surface area contributed by atoms with E-state index in [-0.39, 0.29) is 6.61 Å². The quantitative estimate of drug-likeness (QED) is 0.719. The van der Waals surface area contributed by atoms with Crippen molar-refractivity contribution in [3.05, 3.63) is 36.0 Å². The van der Waals surface area contributed by atoms with E-state index < -0.39 is 0 Å². The zero-order valence-electron chi connectivity index (χ0n) is 9.53. The van der Waals surface area contributed by atoms with Crippen LogP contribution in [-0.4, -0.2) is 22.7 Å². The maximum absolute atomic E-state index is 8.83. The van der Waals surface area contributed by atoms with Gasteiger partial charge in [-0.1, -0.05) is 18.2 Å². The minimum Gasteiger partial charge on any atom is -0.396 e. The fourth-order valence-electron chi connectivity index (χ4n) is 1.88. The number of H-pyrrole nitrogens is 1. The summed E-state index contributed by atoms with van der Waals surface area (Å²) < 4.78 is 0. The Kier molecular flexibility index (Phi) is 3.59. The number of rotatable bonds is 5. The average Bonchev–Trinajstić information content (AvgIpc) is 2.75. The van der Waals surface area contributed by atoms with Crippen LogP contribution < -0.4 is 5.32 Å². The molecule has 86 valence electrons. The summed E-state index contributed by atoms with van der Waals surface area (Å²) in [6.45, 7) is 3.16. The molecule has 0 bridgehead atoms. The van der Waals surface area contributed by atoms with Crippen molar-refractivity contribution in [2.75, 3.05) is 6.61 Å². The number of hydrogen-bond donors (Lipinski definition) is 3. The van der Waals surface area contributed by atoms with Crippen LogP contribution in [-0.2, 0) is 6.54 Å². The fraction of sp³-hybridized carbons (Fsp3) is 0.385. The molecule has 0 saturated carbocycles. The van der Waals surface area contributed by atoms with E-state index in [1.165, 1.54) is 16.5 Å². The molecular formula is C13H18N2O. The van der Waals surface area contributed by atoms with Gasteiger partial charge < -0.3 is 15.4 Å². The molecule has 1 atom stereocenters. The lowest BCUT2D eigenvalue weighted by Crippen LogP contribution is -2.26. The second-order valence-electron chi connectivity index (χ2n) is 4.15. The normalized spacial score (nSPS) is 13.1. The Bertz CT molecular complexity index is 450. The van der Waals surface area contributed by atoms with Gasteiger partial charge in [-0.3, -0.25) is 0 Å². The third kappa shape index (κ3) is 2.43. The van der Waals surface area contributed by atoms with Crippen molar-refractivity contribution in [3.63, 3.8) is 0 Å². The average molecular weight is 218 g/mol. The van der Waals surface area contributed by atoms with Gasteiger partial charge in [0.05, 0.1) is 0 Å². The highest BCUT2D eigenvalue weighted by atomic mass is 16.3. The molecule has 1 aromatic heterocycles. The Morgan fingerprint density at radius 2 is 2.25 bits per heavy atom. The van der Waals surface area contributed by atoms with E-state index in [0.717, 1.165) is 13.0 Å². The molecule has 3 N–H and O–H groups in total. The summed E-state index contributed by atoms with van der Waals surface area (Å²) in [6, 6.07) is 8.72. The second kappa shape index (κ2) is 5.14. The van der Waals surface area contributed by atoms with E-state index in [2.05, 4.69) is 41.5 Å². The molecule has 0 aliphatic carbocycles. The van der Waals surface area contributed by atoms with Crippen molar-refractivity contribution in [2.24, 2.45) is 0 Å². The molecule has 0 spiro atoms. The maximum Gasteiger partial charge on any atom is 0.0499 e. The highest BCUT2D eigenvalue weighted by Crippen LogP contribution is 2.16. The highest BCUT2D eigenvalue weighted by molar-refractivity contribution is 5.82. The van der Waals surface area contributed by atoms with Gasteiger partial charge in [-0.05, 0) is 30.4 Å². The number of nitrogens with one attached hydrogen (secondary N) is 2. The van der Waals surface area contributed by atoms with Gasteiger partial charge in [0, 0.05) is 30.9 Å². The standard InChI is InChI=1S/C13H18N2O/c1-10(6-8-16)15-9-12-4-2-3-11-5-7-14-13(11)12/h2-5,7,10,14-16H,6,8-9H2,1H3. The lowest BCUT2D eigenvalue weighted by atomic mass is 10.1. The number of aliphatic hydroxyl groups is 1. The van der Waals surface area contributed by atoms with Crippen molar-refractivity contribution >= 4 is 10.9 Å². The van der Waals surface area contributed by atoms with Crippen LogP contribution in [0.4, 0.5) is 0 Å². The number of aliphatic hydroxyl groups excluding tert-OH is 1. The lowest BCUT2D eigenvalue weighted by molar-refractivity contribution is 0.269. The Hall–Kier alpha value is -1.32. The van der Waals surface area contributed by atoms with E-state index in [0.29, 0.717) is 6.04 Å². The molecular weight excluding hydrogens is 200 g/mol. The van der Waals surface area contributed by atoms with Crippen molar-refractivity contribution in [2.45, 2.75) is 25.9 Å². The first-order chi connectivity index (χ1) is 7.81. The summed E-state index contributed by atoms with van der Waals surface area (Å²) in [6.07, 6.45) is 2.76. The molecule has 16 heavy (non-hydrogen) atoms. The van der Waals surface area contributed by atoms with Gasteiger partial charge in [0.1, 0.15) is 0 Å². The topological polar surface area (TPSA) is 48.0 Å². The Balaban J connectivity index is 2.06. The minimum absolute atomic E-state index is 0.237. The number of aromatic nitrogens is 1. The van der Waals surface area contributed by atoms with Gasteiger partial charge >= 0.3 is 0 Å². The zero-order chi connectivity index (χ0) is 11.4. The smallest absolute Gasteiger partial charge is 0.0499 e. The third-order valence-corrected chi connectivity index (χ3v) is 2.88. The first-order valence-electron chi connectivity index (χ1n) is 5.70. The van der Waals surface area contributed by atoms with E-state index in [9.17, 15) is 0 Å². The summed E-state index contributed by atoms with van der Waals surface area (Å²) in [4.78, 5) is 3.25. The van der Waals surface area contributed by atoms with Crippen LogP contribution in [0.1, 0.15) is 18.9 Å². The van der Waals surface area contributed by atoms with Gasteiger partial charge in [-0.15, -0.1) is 0 Å². The molecule has 0 fully saturated rings. The molecule has 0 aliphatic rings. The van der Waals surface area contributed by atoms with Crippen molar-refractivity contribution in [3.8, 4) is 0 Å². The molecule has 3 heteroatoms. The predicted octanol–water partition coefficient (Wildman–Crippen LogP) is 2.03. The van der Waals surface area contributed by atoms with E-state index in [4.69, 9.17) is 5.11 Å². The van der Waals surface area contributed by atoms with Crippen LogP contribution >= 0.6 is 0 Å². The van der Waals surface area contributed by atoms with E-state index >= 15 is 0 Å². The monoisotopic (exact) mass is 218 g/mol. The molecule has 2 rings (SSSR count). The molecule has 0 amide bonds. The first-order valence-corrected chi connectivity index (χ1v) is 5.70. The Morgan fingerprint density at radius 1 is 1.38 bits per heavy atom. The molecule has 1 heterocycles. The van der Waals surface area contributed by atoms with Gasteiger partial charge in [0.25, 0.3) is 0 Å². The summed E-state index contributed by atoms with van der Waals surface area (Å²) in [5.41, 5.74) is 2.47. The number of fused-ring (bicyclic) bond motifs is 1. The van der Waals surface area contributed by atoms with E-state index in [1.54, 1.807) is 0 Å². The van der Waals surface area contributed by atoms with Crippen LogP contribution in [0.2, 0.25) is 0 Å². The van der Waals surface area contributed by atoms with Gasteiger partial charge in [0.15, 0.2) is 0 Å². The van der Waals surface area contributed by atoms with Crippen LogP contribution in [0.25, 0.3) is 10.9 Å². The van der Waals surface area contributed by atoms with Crippen LogP contribution in [0.5, 0.6) is 0 Å². The van der Waals surface area contributed by atoms with E-state index in [1.807, 2.05) is 6.20 Å². The molecule has 2 aromatic rings. The van der Waals surface area contributed by atoms with Crippen molar-refractivity contribution in [1.82, 2.24) is 10.3 Å². The lowest BCUT2D eigenvalue weighted by Gasteiger charge is -2.12. The maximum atomic E-state index is 8.83. The second-order valence-corrected chi connectivity index (χ2v) is 4.15. The zero-order valence-corrected chi connectivity index (χ0v) is 9.53. The van der Waals surface area contributed by atoms with Crippen LogP contribution in [0, 0.1) is 0 Å². The number of aromatic amines is 1. The summed E-state index contributed by atoms with van der Waals surface area (Å²) in [5, 5.41) is 13.5. The van der Waals surface area contributed by atoms with Gasteiger partial charge in [0.2, 0.25) is 0 Å². The number of benzene rings is 1. The molecule has 1 unspecified atom stereocenters. The van der Waals surface area contributed by atoms with Crippen LogP contribution in [0.15, 0.2) is 30.5 Å². The fourth-order valence-corrected chi connectivity index (χ4v) is 1.88. The molecule has 0 radical (unpaired) electrons. The van der Waals surface area contributed by atoms with Crippen molar-refractivity contribution < 1.29 is 5.11 Å². The highest BCUT2D eigenvalue weighted by Gasteiger charge is 2.04. The summed E-state index contributed by atoms with van der Waals surface area (Å²) in [7, 11) is 0. The largest absolute Gasteiger partial charge is 0.396 e. The minimum atomic E-state index is 0.237. The Labute approximate surface area is 95.5 Å². The van der Waals surface area contributed by atoms with Gasteiger partial charge in [-0.25, -0.2) is 0 Å². The first kappa shape index (κ1) is 11.2. The van der Waals surface area contributed by atoms with Crippen LogP contribution in [0.3, 0.4) is 0 Å². The van der Waals surface area contributed by atoms with Crippen molar-refractivity contribution in [1.29, 1.82) is 0 Å². The summed E-state index contributed by atoms with van der Waals surface area (Å²) >= 11 is 0. The van der Waals surface area contributed by atoms with Gasteiger partial charge in [-0.2, -0.15) is 0 Å². The SMILES string of the molecule is CC(CCO)NCc1cccc2cc[nH]c12. The number of hydrogen-bond acceptors (Lipinski definition) is 2. The molecule has 0 saturated heterocycles. The number of para-hydroxylation sites is 1. The summed E-state index contributed by atoms with van der Waals surface area (Å²) in [5.74, 6) is 0. The molecule has 3 nitrogen and oxygen atoms in total. The molecule has 0 aliphatic heterocycles.